The average Bonchev–Trinajstić information content (AvgIpc) is 3.12. The van der Waals surface area contributed by atoms with E-state index in [0.717, 1.165) is 9.92 Å². The summed E-state index contributed by atoms with van der Waals surface area (Å²) in [6.45, 7) is 5.95. The van der Waals surface area contributed by atoms with Gasteiger partial charge in [0.15, 0.2) is 0 Å². The molecule has 0 saturated heterocycles. The van der Waals surface area contributed by atoms with Gasteiger partial charge in [-0.1, -0.05) is 56.8 Å². The number of non-ortho nitro benzene ring substituents is 1. The number of hydrogen-bond donors (Lipinski definition) is 0. The van der Waals surface area contributed by atoms with Gasteiger partial charge in [-0.15, -0.1) is 0 Å². The van der Waals surface area contributed by atoms with Crippen LogP contribution in [0.15, 0.2) is 93.5 Å². The maximum Gasteiger partial charge on any atom is 0.280 e. The van der Waals surface area contributed by atoms with Crippen molar-refractivity contribution in [2.45, 2.75) is 30.7 Å². The highest BCUT2D eigenvalue weighted by atomic mass is 32.2. The van der Waals surface area contributed by atoms with Gasteiger partial charge in [0.2, 0.25) is 0 Å². The number of nitrogens with zero attached hydrogens (tertiary/aromatic N) is 4. The maximum absolute atomic E-state index is 13.4. The van der Waals surface area contributed by atoms with E-state index in [2.05, 4.69) is 10.1 Å². The zero-order valence-electron chi connectivity index (χ0n) is 18.4. The fourth-order valence-electron chi connectivity index (χ4n) is 3.37. The van der Waals surface area contributed by atoms with Crippen LogP contribution in [0.3, 0.4) is 0 Å². The number of aromatic nitrogens is 1. The Kier molecular flexibility index (Phi) is 6.11. The molecule has 1 amide bonds. The second-order valence-corrected chi connectivity index (χ2v) is 9.52. The molecule has 0 atom stereocenters. The summed E-state index contributed by atoms with van der Waals surface area (Å²) in [6, 6.07) is 19.4. The van der Waals surface area contributed by atoms with Crippen molar-refractivity contribution in [1.29, 1.82) is 0 Å². The van der Waals surface area contributed by atoms with E-state index < -0.39 is 10.3 Å². The normalized spacial score (nSPS) is 15.1. The lowest BCUT2D eigenvalue weighted by atomic mass is 9.85. The van der Waals surface area contributed by atoms with E-state index in [9.17, 15) is 14.9 Å². The van der Waals surface area contributed by atoms with E-state index in [4.69, 9.17) is 0 Å². The molecule has 0 saturated carbocycles. The summed E-state index contributed by atoms with van der Waals surface area (Å²) in [4.78, 5) is 29.5. The van der Waals surface area contributed by atoms with Gasteiger partial charge < -0.3 is 0 Å². The first kappa shape index (κ1) is 22.4. The van der Waals surface area contributed by atoms with E-state index in [1.54, 1.807) is 18.3 Å². The number of benzene rings is 2. The Balaban J connectivity index is 1.83. The Hall–Kier alpha value is -3.78. The minimum atomic E-state index is -0.442. The number of nitro groups is 1. The molecule has 0 bridgehead atoms. The summed E-state index contributed by atoms with van der Waals surface area (Å²) in [5.74, 6) is -0.272. The van der Waals surface area contributed by atoms with Crippen LogP contribution < -0.4 is 5.01 Å². The lowest BCUT2D eigenvalue weighted by molar-refractivity contribution is -0.384. The summed E-state index contributed by atoms with van der Waals surface area (Å²) in [6.07, 6.45) is 3.39. The molecule has 4 rings (SSSR count). The number of nitro benzene ring substituents is 1. The van der Waals surface area contributed by atoms with Crippen LogP contribution >= 0.6 is 11.8 Å². The van der Waals surface area contributed by atoms with Crippen molar-refractivity contribution in [1.82, 2.24) is 4.98 Å². The summed E-state index contributed by atoms with van der Waals surface area (Å²) < 4.78 is 0. The molecule has 8 heteroatoms. The van der Waals surface area contributed by atoms with Crippen molar-refractivity contribution >= 4 is 40.8 Å². The second-order valence-electron chi connectivity index (χ2n) is 8.46. The van der Waals surface area contributed by atoms with Gasteiger partial charge in [-0.2, -0.15) is 10.1 Å². The molecular weight excluding hydrogens is 436 g/mol. The topological polar surface area (TPSA) is 88.7 Å². The van der Waals surface area contributed by atoms with Gasteiger partial charge in [0.1, 0.15) is 5.03 Å². The zero-order valence-corrected chi connectivity index (χ0v) is 19.2. The summed E-state index contributed by atoms with van der Waals surface area (Å²) >= 11 is 1.38. The third-order valence-corrected chi connectivity index (χ3v) is 5.99. The van der Waals surface area contributed by atoms with E-state index in [1.165, 1.54) is 28.9 Å². The molecule has 0 fully saturated rings. The Morgan fingerprint density at radius 3 is 2.39 bits per heavy atom. The molecule has 166 valence electrons. The Bertz CT molecular complexity index is 1270. The van der Waals surface area contributed by atoms with Crippen molar-refractivity contribution < 1.29 is 9.72 Å². The number of hydrazone groups is 1. The van der Waals surface area contributed by atoms with Crippen LogP contribution in [0.2, 0.25) is 0 Å². The number of carbonyl (C=O) groups is 1. The Morgan fingerprint density at radius 1 is 1.03 bits per heavy atom. The van der Waals surface area contributed by atoms with Crippen LogP contribution in [0.25, 0.3) is 6.08 Å². The minimum absolute atomic E-state index is 0.0492. The van der Waals surface area contributed by atoms with E-state index in [1.807, 2.05) is 69.3 Å². The van der Waals surface area contributed by atoms with Gasteiger partial charge in [0, 0.05) is 28.6 Å². The predicted octanol–water partition coefficient (Wildman–Crippen LogP) is 5.97. The zero-order chi connectivity index (χ0) is 23.6. The summed E-state index contributed by atoms with van der Waals surface area (Å²) in [5, 5.41) is 18.2. The second kappa shape index (κ2) is 8.99. The van der Waals surface area contributed by atoms with Gasteiger partial charge >= 0.3 is 0 Å². The lowest BCUT2D eigenvalue weighted by Crippen LogP contribution is -2.24. The quantitative estimate of drug-likeness (QED) is 0.267. The monoisotopic (exact) mass is 458 g/mol. The summed E-state index contributed by atoms with van der Waals surface area (Å²) in [5.41, 5.74) is 1.79. The molecule has 0 N–H and O–H groups in total. The Morgan fingerprint density at radius 2 is 1.76 bits per heavy atom. The molecule has 33 heavy (non-hydrogen) atoms. The van der Waals surface area contributed by atoms with Crippen molar-refractivity contribution in [3.8, 4) is 0 Å². The number of rotatable bonds is 5. The van der Waals surface area contributed by atoms with Gasteiger partial charge in [0.05, 0.1) is 21.9 Å². The molecule has 1 aromatic heterocycles. The van der Waals surface area contributed by atoms with Crippen molar-refractivity contribution in [2.24, 2.45) is 10.5 Å². The van der Waals surface area contributed by atoms with Crippen LogP contribution in [-0.2, 0) is 4.79 Å². The third kappa shape index (κ3) is 4.85. The maximum atomic E-state index is 13.4. The van der Waals surface area contributed by atoms with E-state index in [-0.39, 0.29) is 11.6 Å². The number of hydrogen-bond acceptors (Lipinski definition) is 6. The van der Waals surface area contributed by atoms with Gasteiger partial charge in [-0.25, -0.2) is 4.98 Å². The van der Waals surface area contributed by atoms with Crippen LogP contribution in [0.1, 0.15) is 26.3 Å². The number of pyridine rings is 1. The highest BCUT2D eigenvalue weighted by Gasteiger charge is 2.37. The fourth-order valence-corrected chi connectivity index (χ4v) is 4.23. The molecule has 2 heterocycles. The SMILES string of the molecule is CC(C)(C)C1=NN(c2ccccc2)C(=O)/C1=C/c1cc([N+](=O)[O-])ccc1Sc1ccccn1. The predicted molar refractivity (Wildman–Crippen MR) is 130 cm³/mol. The fraction of sp³-hybridized carbons (Fsp3) is 0.160. The molecule has 0 radical (unpaired) electrons. The first-order valence-corrected chi connectivity index (χ1v) is 11.1. The largest absolute Gasteiger partial charge is 0.280 e. The van der Waals surface area contributed by atoms with E-state index in [0.29, 0.717) is 22.5 Å². The van der Waals surface area contributed by atoms with Gasteiger partial charge in [0.25, 0.3) is 11.6 Å². The number of carbonyl (C=O) groups excluding carboxylic acids is 1. The smallest absolute Gasteiger partial charge is 0.267 e. The molecule has 7 nitrogen and oxygen atoms in total. The summed E-state index contributed by atoms with van der Waals surface area (Å²) in [7, 11) is 0. The van der Waals surface area contributed by atoms with Crippen molar-refractivity contribution in [3.05, 3.63) is 94.2 Å². The molecule has 2 aromatic carbocycles. The number of para-hydroxylation sites is 1. The number of amides is 1. The molecule has 0 unspecified atom stereocenters. The van der Waals surface area contributed by atoms with E-state index >= 15 is 0 Å². The Labute approximate surface area is 196 Å². The number of anilines is 1. The van der Waals surface area contributed by atoms with Crippen LogP contribution in [-0.4, -0.2) is 21.5 Å². The molecule has 3 aromatic rings. The van der Waals surface area contributed by atoms with Gasteiger partial charge in [-0.05, 0) is 42.0 Å². The molecule has 1 aliphatic rings. The van der Waals surface area contributed by atoms with Crippen LogP contribution in [0.4, 0.5) is 11.4 Å². The molecular formula is C25H22N4O3S. The highest BCUT2D eigenvalue weighted by molar-refractivity contribution is 7.99. The van der Waals surface area contributed by atoms with Crippen molar-refractivity contribution in [2.75, 3.05) is 5.01 Å². The van der Waals surface area contributed by atoms with Crippen molar-refractivity contribution in [3.63, 3.8) is 0 Å². The molecule has 1 aliphatic heterocycles. The average molecular weight is 459 g/mol. The van der Waals surface area contributed by atoms with Crippen LogP contribution in [0.5, 0.6) is 0 Å². The van der Waals surface area contributed by atoms with Gasteiger partial charge in [-0.3, -0.25) is 14.9 Å². The molecule has 0 aliphatic carbocycles. The highest BCUT2D eigenvalue weighted by Crippen LogP contribution is 2.36. The first-order chi connectivity index (χ1) is 15.7. The molecule has 0 spiro atoms. The first-order valence-electron chi connectivity index (χ1n) is 10.3. The van der Waals surface area contributed by atoms with Crippen LogP contribution in [0, 0.1) is 15.5 Å². The third-order valence-electron chi connectivity index (χ3n) is 4.95. The standard InChI is InChI=1S/C25H22N4O3S/c1-25(2,3)23-20(24(30)28(27-23)18-9-5-4-6-10-18)16-17-15-19(29(31)32)12-13-21(17)33-22-11-7-8-14-26-22/h4-16H,1-3H3/b20-16+. The lowest BCUT2D eigenvalue weighted by Gasteiger charge is -2.18. The minimum Gasteiger partial charge on any atom is -0.267 e.